The van der Waals surface area contributed by atoms with Gasteiger partial charge in [0.05, 0.1) is 12.0 Å². The average molecular weight is 438 g/mol. The van der Waals surface area contributed by atoms with E-state index in [0.29, 0.717) is 13.0 Å². The van der Waals surface area contributed by atoms with Gasteiger partial charge in [0, 0.05) is 19.1 Å². The van der Waals surface area contributed by atoms with Gasteiger partial charge in [-0.25, -0.2) is 4.79 Å². The molecule has 2 aromatic carbocycles. The Labute approximate surface area is 185 Å². The number of nitrogens with one attached hydrogen (secondary N) is 2. The number of ether oxygens (including phenoxy) is 2. The lowest BCUT2D eigenvalue weighted by Crippen LogP contribution is -2.49. The molecule has 2 aliphatic rings. The van der Waals surface area contributed by atoms with Crippen LogP contribution in [-0.4, -0.2) is 55.0 Å². The summed E-state index contributed by atoms with van der Waals surface area (Å²) in [5, 5.41) is 14.2. The number of alkyl carbamates (subject to hydrolysis) is 1. The van der Waals surface area contributed by atoms with Crippen molar-refractivity contribution in [3.05, 3.63) is 59.7 Å². The summed E-state index contributed by atoms with van der Waals surface area (Å²) in [6.45, 7) is 2.00. The normalized spacial score (nSPS) is 20.2. The third-order valence-corrected chi connectivity index (χ3v) is 6.00. The van der Waals surface area contributed by atoms with Gasteiger partial charge in [0.2, 0.25) is 0 Å². The molecule has 1 aliphatic heterocycles. The van der Waals surface area contributed by atoms with Crippen molar-refractivity contribution < 1.29 is 29.0 Å². The molecule has 1 aliphatic carbocycles. The molecule has 8 heteroatoms. The molecule has 32 heavy (non-hydrogen) atoms. The zero-order valence-electron chi connectivity index (χ0n) is 17.7. The van der Waals surface area contributed by atoms with Crippen LogP contribution in [-0.2, 0) is 19.1 Å². The number of hydrogen-bond acceptors (Lipinski definition) is 5. The minimum Gasteiger partial charge on any atom is -0.481 e. The van der Waals surface area contributed by atoms with Gasteiger partial charge in [-0.3, -0.25) is 9.59 Å². The zero-order valence-corrected chi connectivity index (χ0v) is 17.7. The van der Waals surface area contributed by atoms with E-state index in [1.165, 1.54) is 6.92 Å². The van der Waals surface area contributed by atoms with E-state index in [4.69, 9.17) is 14.6 Å². The van der Waals surface area contributed by atoms with E-state index < -0.39 is 36.0 Å². The summed E-state index contributed by atoms with van der Waals surface area (Å²) in [6, 6.07) is 15.6. The molecular formula is C24H26N2O6. The van der Waals surface area contributed by atoms with Gasteiger partial charge in [-0.05, 0) is 28.7 Å². The van der Waals surface area contributed by atoms with E-state index in [1.807, 2.05) is 36.4 Å². The van der Waals surface area contributed by atoms with E-state index >= 15 is 0 Å². The van der Waals surface area contributed by atoms with Crippen molar-refractivity contribution in [3.63, 3.8) is 0 Å². The lowest BCUT2D eigenvalue weighted by molar-refractivity contribution is -0.141. The molecule has 0 radical (unpaired) electrons. The average Bonchev–Trinajstić information content (AvgIpc) is 3.38. The Hall–Kier alpha value is -3.39. The first-order valence-electron chi connectivity index (χ1n) is 10.7. The van der Waals surface area contributed by atoms with Crippen LogP contribution in [0, 0.1) is 5.92 Å². The number of carbonyl (C=O) groups excluding carboxylic acids is 2. The number of aliphatic carboxylic acids is 1. The molecule has 3 atom stereocenters. The van der Waals surface area contributed by atoms with E-state index in [0.717, 1.165) is 22.3 Å². The molecule has 1 unspecified atom stereocenters. The third kappa shape index (κ3) is 4.45. The lowest BCUT2D eigenvalue weighted by Gasteiger charge is -2.20. The Bertz CT molecular complexity index is 978. The molecule has 4 rings (SSSR count). The summed E-state index contributed by atoms with van der Waals surface area (Å²) in [5.74, 6) is -2.20. The fourth-order valence-corrected chi connectivity index (χ4v) is 4.23. The van der Waals surface area contributed by atoms with E-state index in [1.54, 1.807) is 0 Å². The van der Waals surface area contributed by atoms with Crippen LogP contribution < -0.4 is 10.6 Å². The van der Waals surface area contributed by atoms with Crippen molar-refractivity contribution in [1.82, 2.24) is 10.6 Å². The molecule has 1 heterocycles. The highest BCUT2D eigenvalue weighted by atomic mass is 16.6. The van der Waals surface area contributed by atoms with Crippen molar-refractivity contribution in [3.8, 4) is 11.1 Å². The monoisotopic (exact) mass is 438 g/mol. The Morgan fingerprint density at radius 3 is 2.34 bits per heavy atom. The maximum absolute atomic E-state index is 12.5. The molecule has 2 amide bonds. The number of hydrogen-bond donors (Lipinski definition) is 3. The summed E-state index contributed by atoms with van der Waals surface area (Å²) >= 11 is 0. The van der Waals surface area contributed by atoms with Crippen LogP contribution in [0.5, 0.6) is 0 Å². The van der Waals surface area contributed by atoms with Crippen molar-refractivity contribution in [2.75, 3.05) is 19.8 Å². The molecule has 1 fully saturated rings. The second-order valence-corrected chi connectivity index (χ2v) is 8.14. The minimum absolute atomic E-state index is 0.00824. The van der Waals surface area contributed by atoms with E-state index in [-0.39, 0.29) is 19.1 Å². The van der Waals surface area contributed by atoms with Crippen LogP contribution in [0.1, 0.15) is 30.4 Å². The van der Waals surface area contributed by atoms with Crippen molar-refractivity contribution >= 4 is 18.0 Å². The van der Waals surface area contributed by atoms with Gasteiger partial charge in [-0.1, -0.05) is 55.5 Å². The molecule has 168 valence electrons. The largest absolute Gasteiger partial charge is 0.481 e. The summed E-state index contributed by atoms with van der Waals surface area (Å²) in [5.41, 5.74) is 4.54. The van der Waals surface area contributed by atoms with Gasteiger partial charge in [0.1, 0.15) is 6.61 Å². The van der Waals surface area contributed by atoms with E-state index in [9.17, 15) is 14.4 Å². The Balaban J connectivity index is 1.34. The predicted molar refractivity (Wildman–Crippen MR) is 116 cm³/mol. The molecule has 3 N–H and O–H groups in total. The quantitative estimate of drug-likeness (QED) is 0.612. The second-order valence-electron chi connectivity index (χ2n) is 8.14. The van der Waals surface area contributed by atoms with Crippen LogP contribution in [0.3, 0.4) is 0 Å². The fourth-order valence-electron chi connectivity index (χ4n) is 4.23. The Kier molecular flexibility index (Phi) is 6.41. The minimum atomic E-state index is -0.994. The van der Waals surface area contributed by atoms with Crippen LogP contribution in [0.2, 0.25) is 0 Å². The molecule has 2 aromatic rings. The first kappa shape index (κ1) is 21.8. The zero-order chi connectivity index (χ0) is 22.7. The third-order valence-electron chi connectivity index (χ3n) is 6.00. The number of carboxylic acid groups (broad SMARTS) is 1. The maximum Gasteiger partial charge on any atom is 0.407 e. The highest BCUT2D eigenvalue weighted by molar-refractivity contribution is 5.83. The molecule has 8 nitrogen and oxygen atoms in total. The van der Waals surface area contributed by atoms with Crippen molar-refractivity contribution in [2.45, 2.75) is 31.4 Å². The molecule has 0 spiro atoms. The number of benzene rings is 2. The van der Waals surface area contributed by atoms with E-state index in [2.05, 4.69) is 22.8 Å². The molecule has 1 saturated heterocycles. The predicted octanol–water partition coefficient (Wildman–Crippen LogP) is 2.52. The number of fused-ring (bicyclic) bond motifs is 3. The number of carboxylic acids is 1. The number of carbonyl (C=O) groups is 3. The first-order valence-corrected chi connectivity index (χ1v) is 10.7. The fraction of sp³-hybridized carbons (Fsp3) is 0.375. The topological polar surface area (TPSA) is 114 Å². The SMILES string of the molecule is CC(CNC(=O)[C@H]1OCC[C@H]1NC(=O)OCC1c2ccccc2-c2ccccc21)C(=O)O. The Morgan fingerprint density at radius 1 is 1.09 bits per heavy atom. The molecule has 0 bridgehead atoms. The Morgan fingerprint density at radius 2 is 1.72 bits per heavy atom. The maximum atomic E-state index is 12.5. The first-order chi connectivity index (χ1) is 15.5. The standard InChI is InChI=1S/C24H26N2O6/c1-14(23(28)29)12-25-22(27)21-20(10-11-31-21)26-24(30)32-13-19-17-8-4-2-6-15(17)16-7-3-5-9-18(16)19/h2-9,14,19-21H,10-13H2,1H3,(H,25,27)(H,26,30)(H,28,29)/t14?,20-,21+/m1/s1. The van der Waals surface area contributed by atoms with Gasteiger partial charge in [0.25, 0.3) is 5.91 Å². The van der Waals surface area contributed by atoms with Gasteiger partial charge >= 0.3 is 12.1 Å². The van der Waals surface area contributed by atoms with Crippen LogP contribution in [0.4, 0.5) is 4.79 Å². The van der Waals surface area contributed by atoms with Gasteiger partial charge in [-0.15, -0.1) is 0 Å². The molecular weight excluding hydrogens is 412 g/mol. The van der Waals surface area contributed by atoms with Crippen LogP contribution >= 0.6 is 0 Å². The van der Waals surface area contributed by atoms with Crippen molar-refractivity contribution in [1.29, 1.82) is 0 Å². The smallest absolute Gasteiger partial charge is 0.407 e. The molecule has 0 saturated carbocycles. The number of amides is 2. The summed E-state index contributed by atoms with van der Waals surface area (Å²) in [4.78, 5) is 35.8. The highest BCUT2D eigenvalue weighted by Crippen LogP contribution is 2.44. The molecule has 0 aromatic heterocycles. The van der Waals surface area contributed by atoms with Gasteiger partial charge in [-0.2, -0.15) is 0 Å². The van der Waals surface area contributed by atoms with Crippen LogP contribution in [0.25, 0.3) is 11.1 Å². The lowest BCUT2D eigenvalue weighted by atomic mass is 9.98. The summed E-state index contributed by atoms with van der Waals surface area (Å²) in [7, 11) is 0. The van der Waals surface area contributed by atoms with Gasteiger partial charge in [0.15, 0.2) is 6.10 Å². The van der Waals surface area contributed by atoms with Crippen molar-refractivity contribution in [2.24, 2.45) is 5.92 Å². The summed E-state index contributed by atoms with van der Waals surface area (Å²) in [6.07, 6.45) is -1.02. The second kappa shape index (κ2) is 9.40. The van der Waals surface area contributed by atoms with Crippen LogP contribution in [0.15, 0.2) is 48.5 Å². The highest BCUT2D eigenvalue weighted by Gasteiger charge is 2.36. The number of rotatable bonds is 7. The summed E-state index contributed by atoms with van der Waals surface area (Å²) < 4.78 is 11.0. The van der Waals surface area contributed by atoms with Gasteiger partial charge < -0.3 is 25.2 Å².